The molecule has 2 atom stereocenters. The van der Waals surface area contributed by atoms with Crippen LogP contribution in [-0.2, 0) is 14.8 Å². The molecule has 1 amide bonds. The van der Waals surface area contributed by atoms with Gasteiger partial charge in [0.1, 0.15) is 0 Å². The number of benzene rings is 1. The first-order valence-corrected chi connectivity index (χ1v) is 10.2. The molecule has 132 valence electrons. The van der Waals surface area contributed by atoms with Crippen LogP contribution in [0.1, 0.15) is 38.2 Å². The third-order valence-electron chi connectivity index (χ3n) is 5.20. The second kappa shape index (κ2) is 6.84. The van der Waals surface area contributed by atoms with Crippen molar-refractivity contribution in [2.75, 3.05) is 19.6 Å². The molecule has 2 fully saturated rings. The molecule has 1 aromatic carbocycles. The van der Waals surface area contributed by atoms with Crippen LogP contribution in [0, 0.1) is 12.8 Å². The highest BCUT2D eigenvalue weighted by molar-refractivity contribution is 7.89. The van der Waals surface area contributed by atoms with Gasteiger partial charge in [-0.05, 0) is 49.8 Å². The molecule has 0 unspecified atom stereocenters. The van der Waals surface area contributed by atoms with Crippen LogP contribution < -0.4 is 0 Å². The number of piperidine rings is 2. The maximum atomic E-state index is 12.9. The Morgan fingerprint density at radius 2 is 2.04 bits per heavy atom. The molecule has 2 saturated heterocycles. The molecule has 2 aliphatic heterocycles. The number of rotatable bonds is 4. The van der Waals surface area contributed by atoms with Crippen LogP contribution in [0.4, 0.5) is 0 Å². The van der Waals surface area contributed by atoms with E-state index >= 15 is 0 Å². The minimum atomic E-state index is -3.45. The molecule has 2 aliphatic rings. The Morgan fingerprint density at radius 3 is 2.75 bits per heavy atom. The van der Waals surface area contributed by atoms with E-state index in [1.54, 1.807) is 22.5 Å². The Hall–Kier alpha value is -1.40. The van der Waals surface area contributed by atoms with Crippen molar-refractivity contribution >= 4 is 15.9 Å². The van der Waals surface area contributed by atoms with Crippen LogP contribution in [0.15, 0.2) is 29.2 Å². The Bertz CT molecular complexity index is 717. The number of aryl methyl sites for hydroxylation is 1. The summed E-state index contributed by atoms with van der Waals surface area (Å²) < 4.78 is 27.5. The monoisotopic (exact) mass is 350 g/mol. The normalized spacial score (nSPS) is 25.6. The Labute approximate surface area is 144 Å². The SMILES string of the molecule is CCCN1C(=O)CC[C@H]2CN(S(=O)(=O)c3cccc(C)c3)CC[C@H]21. The van der Waals surface area contributed by atoms with Crippen LogP contribution in [-0.4, -0.2) is 49.2 Å². The number of nitrogens with zero attached hydrogens (tertiary/aromatic N) is 2. The lowest BCUT2D eigenvalue weighted by Crippen LogP contribution is -2.56. The van der Waals surface area contributed by atoms with Crippen molar-refractivity contribution < 1.29 is 13.2 Å². The lowest BCUT2D eigenvalue weighted by Gasteiger charge is -2.46. The van der Waals surface area contributed by atoms with Gasteiger partial charge in [-0.2, -0.15) is 4.31 Å². The summed E-state index contributed by atoms with van der Waals surface area (Å²) in [4.78, 5) is 14.5. The molecule has 0 saturated carbocycles. The molecule has 0 bridgehead atoms. The van der Waals surface area contributed by atoms with E-state index in [2.05, 4.69) is 6.92 Å². The molecule has 0 spiro atoms. The maximum absolute atomic E-state index is 12.9. The number of carbonyl (C=O) groups is 1. The van der Waals surface area contributed by atoms with E-state index in [1.165, 1.54) is 0 Å². The Kier molecular flexibility index (Phi) is 4.97. The van der Waals surface area contributed by atoms with Crippen molar-refractivity contribution in [2.45, 2.75) is 50.5 Å². The van der Waals surface area contributed by atoms with Gasteiger partial charge in [0.05, 0.1) is 4.90 Å². The first-order chi connectivity index (χ1) is 11.4. The van der Waals surface area contributed by atoms with Gasteiger partial charge in [0.2, 0.25) is 15.9 Å². The first kappa shape index (κ1) is 17.4. The van der Waals surface area contributed by atoms with Gasteiger partial charge in [-0.25, -0.2) is 8.42 Å². The second-order valence-electron chi connectivity index (χ2n) is 6.92. The molecule has 0 aromatic heterocycles. The average Bonchev–Trinajstić information content (AvgIpc) is 2.57. The van der Waals surface area contributed by atoms with E-state index in [0.717, 1.165) is 31.4 Å². The molecule has 2 heterocycles. The zero-order valence-corrected chi connectivity index (χ0v) is 15.3. The molecule has 24 heavy (non-hydrogen) atoms. The molecule has 6 heteroatoms. The fourth-order valence-electron chi connectivity index (χ4n) is 3.99. The summed E-state index contributed by atoms with van der Waals surface area (Å²) in [5.74, 6) is 0.482. The van der Waals surface area contributed by atoms with Gasteiger partial charge in [-0.15, -0.1) is 0 Å². The van der Waals surface area contributed by atoms with Gasteiger partial charge >= 0.3 is 0 Å². The topological polar surface area (TPSA) is 57.7 Å². The number of amides is 1. The Morgan fingerprint density at radius 1 is 1.25 bits per heavy atom. The van der Waals surface area contributed by atoms with Gasteiger partial charge in [0.15, 0.2) is 0 Å². The van der Waals surface area contributed by atoms with Crippen LogP contribution in [0.3, 0.4) is 0 Å². The van der Waals surface area contributed by atoms with Crippen molar-refractivity contribution in [1.82, 2.24) is 9.21 Å². The molecule has 0 aliphatic carbocycles. The van der Waals surface area contributed by atoms with E-state index in [9.17, 15) is 13.2 Å². The third kappa shape index (κ3) is 3.22. The van der Waals surface area contributed by atoms with Crippen molar-refractivity contribution in [2.24, 2.45) is 5.92 Å². The quantitative estimate of drug-likeness (QED) is 0.838. The zero-order valence-electron chi connectivity index (χ0n) is 14.4. The number of likely N-dealkylation sites (tertiary alicyclic amines) is 1. The first-order valence-electron chi connectivity index (χ1n) is 8.79. The summed E-state index contributed by atoms with van der Waals surface area (Å²) in [6.07, 6.45) is 3.02. The van der Waals surface area contributed by atoms with E-state index in [0.29, 0.717) is 24.4 Å². The van der Waals surface area contributed by atoms with Crippen LogP contribution in [0.2, 0.25) is 0 Å². The number of hydrogen-bond acceptors (Lipinski definition) is 3. The molecule has 1 aromatic rings. The predicted molar refractivity (Wildman–Crippen MR) is 93.1 cm³/mol. The highest BCUT2D eigenvalue weighted by Gasteiger charge is 2.41. The van der Waals surface area contributed by atoms with E-state index in [1.807, 2.05) is 17.9 Å². The molecular formula is C18H26N2O3S. The lowest BCUT2D eigenvalue weighted by molar-refractivity contribution is -0.140. The summed E-state index contributed by atoms with van der Waals surface area (Å²) in [5.41, 5.74) is 0.948. The number of fused-ring (bicyclic) bond motifs is 1. The fourth-order valence-corrected chi connectivity index (χ4v) is 5.61. The number of hydrogen-bond donors (Lipinski definition) is 0. The molecule has 0 radical (unpaired) electrons. The van der Waals surface area contributed by atoms with Crippen LogP contribution >= 0.6 is 0 Å². The van der Waals surface area contributed by atoms with Crippen molar-refractivity contribution in [1.29, 1.82) is 0 Å². The second-order valence-corrected chi connectivity index (χ2v) is 8.86. The van der Waals surface area contributed by atoms with Crippen molar-refractivity contribution in [3.8, 4) is 0 Å². The summed E-state index contributed by atoms with van der Waals surface area (Å²) in [6.45, 7) is 5.78. The summed E-state index contributed by atoms with van der Waals surface area (Å²) >= 11 is 0. The van der Waals surface area contributed by atoms with E-state index in [4.69, 9.17) is 0 Å². The van der Waals surface area contributed by atoms with Crippen molar-refractivity contribution in [3.05, 3.63) is 29.8 Å². The largest absolute Gasteiger partial charge is 0.339 e. The molecule has 5 nitrogen and oxygen atoms in total. The third-order valence-corrected chi connectivity index (χ3v) is 7.06. The highest BCUT2D eigenvalue weighted by atomic mass is 32.2. The summed E-state index contributed by atoms with van der Waals surface area (Å²) in [7, 11) is -3.45. The molecule has 0 N–H and O–H groups in total. The van der Waals surface area contributed by atoms with Gasteiger partial charge in [-0.3, -0.25) is 4.79 Å². The van der Waals surface area contributed by atoms with Gasteiger partial charge in [0, 0.05) is 32.1 Å². The van der Waals surface area contributed by atoms with Gasteiger partial charge < -0.3 is 4.90 Å². The van der Waals surface area contributed by atoms with Crippen LogP contribution in [0.25, 0.3) is 0 Å². The van der Waals surface area contributed by atoms with Crippen molar-refractivity contribution in [3.63, 3.8) is 0 Å². The highest BCUT2D eigenvalue weighted by Crippen LogP contribution is 2.33. The molecule has 3 rings (SSSR count). The Balaban J connectivity index is 1.79. The fraction of sp³-hybridized carbons (Fsp3) is 0.611. The summed E-state index contributed by atoms with van der Waals surface area (Å²) in [5, 5.41) is 0. The summed E-state index contributed by atoms with van der Waals surface area (Å²) in [6, 6.07) is 7.30. The lowest BCUT2D eigenvalue weighted by atomic mass is 9.84. The minimum absolute atomic E-state index is 0.204. The standard InChI is InChI=1S/C18H26N2O3S/c1-3-10-20-17-9-11-19(13-15(17)7-8-18(20)21)24(22,23)16-6-4-5-14(2)12-16/h4-6,12,15,17H,3,7-11,13H2,1-2H3/t15-,17+/m0/s1. The predicted octanol–water partition coefficient (Wildman–Crippen LogP) is 2.41. The van der Waals surface area contributed by atoms with Gasteiger partial charge in [0.25, 0.3) is 0 Å². The van der Waals surface area contributed by atoms with Gasteiger partial charge in [-0.1, -0.05) is 19.1 Å². The number of carbonyl (C=O) groups excluding carboxylic acids is 1. The van der Waals surface area contributed by atoms with E-state index in [-0.39, 0.29) is 17.9 Å². The van der Waals surface area contributed by atoms with E-state index < -0.39 is 10.0 Å². The number of sulfonamides is 1. The van der Waals surface area contributed by atoms with Crippen LogP contribution in [0.5, 0.6) is 0 Å². The zero-order chi connectivity index (χ0) is 17.3. The maximum Gasteiger partial charge on any atom is 0.243 e. The average molecular weight is 350 g/mol. The smallest absolute Gasteiger partial charge is 0.243 e. The minimum Gasteiger partial charge on any atom is -0.339 e. The molecular weight excluding hydrogens is 324 g/mol.